The van der Waals surface area contributed by atoms with Gasteiger partial charge in [-0.15, -0.1) is 0 Å². The van der Waals surface area contributed by atoms with E-state index in [1.807, 2.05) is 13.8 Å². The molecule has 0 aliphatic rings. The van der Waals surface area contributed by atoms with Crippen molar-refractivity contribution >= 4 is 30.4 Å². The summed E-state index contributed by atoms with van der Waals surface area (Å²) in [5, 5.41) is 14.0. The lowest BCUT2D eigenvalue weighted by Crippen LogP contribution is -2.55. The second kappa shape index (κ2) is 10.0. The third kappa shape index (κ3) is 7.14. The van der Waals surface area contributed by atoms with Crippen molar-refractivity contribution in [3.05, 3.63) is 18.2 Å². The van der Waals surface area contributed by atoms with Crippen LogP contribution in [-0.4, -0.2) is 56.7 Å². The lowest BCUT2D eigenvalue weighted by molar-refractivity contribution is -0.141. The van der Waals surface area contributed by atoms with Gasteiger partial charge in [-0.25, -0.2) is 9.78 Å². The molecule has 25 heavy (non-hydrogen) atoms. The molecule has 0 unspecified atom stereocenters. The van der Waals surface area contributed by atoms with E-state index in [2.05, 4.69) is 33.2 Å². The van der Waals surface area contributed by atoms with Crippen molar-refractivity contribution in [2.75, 3.05) is 5.75 Å². The maximum absolute atomic E-state index is 12.4. The molecule has 0 aliphatic carbocycles. The predicted molar refractivity (Wildman–Crippen MR) is 95.1 cm³/mol. The van der Waals surface area contributed by atoms with E-state index < -0.39 is 35.9 Å². The summed E-state index contributed by atoms with van der Waals surface area (Å²) in [6.07, 6.45) is 3.57. The summed E-state index contributed by atoms with van der Waals surface area (Å²) in [7, 11) is 0. The van der Waals surface area contributed by atoms with E-state index in [9.17, 15) is 14.4 Å². The Morgan fingerprint density at radius 1 is 1.28 bits per heavy atom. The molecule has 0 radical (unpaired) electrons. The van der Waals surface area contributed by atoms with Crippen molar-refractivity contribution in [2.45, 2.75) is 44.8 Å². The molecule has 140 valence electrons. The average Bonchev–Trinajstić information content (AvgIpc) is 3.03. The number of hydrogen-bond acceptors (Lipinski definition) is 6. The first kappa shape index (κ1) is 21.0. The zero-order chi connectivity index (χ0) is 19.0. The fourth-order valence-corrected chi connectivity index (χ4v) is 2.42. The number of aromatic nitrogens is 2. The number of carbonyl (C=O) groups is 3. The Kier molecular flexibility index (Phi) is 8.42. The summed E-state index contributed by atoms with van der Waals surface area (Å²) in [6.45, 7) is 3.87. The zero-order valence-electron chi connectivity index (χ0n) is 14.2. The van der Waals surface area contributed by atoms with Gasteiger partial charge in [0.05, 0.1) is 12.4 Å². The molecular formula is C15H25N5O4S. The Labute approximate surface area is 151 Å². The Morgan fingerprint density at radius 3 is 2.40 bits per heavy atom. The SMILES string of the molecule is CC(C)C[C@H](N)C(=O)N[C@@H](Cc1cnc[nH]1)C(=O)N[C@@H](CS)C(=O)O. The van der Waals surface area contributed by atoms with Crippen LogP contribution in [0, 0.1) is 5.92 Å². The third-order valence-corrected chi connectivity index (χ3v) is 3.84. The largest absolute Gasteiger partial charge is 0.480 e. The molecule has 1 rings (SSSR count). The minimum atomic E-state index is -1.20. The van der Waals surface area contributed by atoms with Gasteiger partial charge in [-0.2, -0.15) is 12.6 Å². The van der Waals surface area contributed by atoms with Gasteiger partial charge in [0, 0.05) is 24.1 Å². The van der Waals surface area contributed by atoms with E-state index in [4.69, 9.17) is 10.8 Å². The number of rotatable bonds is 10. The third-order valence-electron chi connectivity index (χ3n) is 3.47. The molecule has 10 heteroatoms. The molecule has 0 aliphatic heterocycles. The number of H-pyrrole nitrogens is 1. The number of hydrogen-bond donors (Lipinski definition) is 6. The van der Waals surface area contributed by atoms with Gasteiger partial charge in [0.25, 0.3) is 0 Å². The number of thiol groups is 1. The second-order valence-electron chi connectivity index (χ2n) is 6.16. The summed E-state index contributed by atoms with van der Waals surface area (Å²) in [5.41, 5.74) is 6.47. The summed E-state index contributed by atoms with van der Waals surface area (Å²) in [5.74, 6) is -2.14. The molecule has 1 heterocycles. The number of carboxylic acids is 1. The first-order chi connectivity index (χ1) is 11.7. The molecule has 1 aromatic rings. The molecule has 0 bridgehead atoms. The molecule has 6 N–H and O–H groups in total. The standard InChI is InChI=1S/C15H25N5O4S/c1-8(2)3-10(16)13(21)19-11(4-9-5-17-7-18-9)14(22)20-12(6-25)15(23)24/h5,7-8,10-12,25H,3-4,6,16H2,1-2H3,(H,17,18)(H,19,21)(H,20,22)(H,23,24)/t10-,11-,12-/m0/s1. The number of carboxylic acid groups (broad SMARTS) is 1. The molecule has 2 amide bonds. The number of amides is 2. The van der Waals surface area contributed by atoms with Crippen LogP contribution in [0.15, 0.2) is 12.5 Å². The fraction of sp³-hybridized carbons (Fsp3) is 0.600. The maximum Gasteiger partial charge on any atom is 0.327 e. The highest BCUT2D eigenvalue weighted by molar-refractivity contribution is 7.80. The number of carbonyl (C=O) groups excluding carboxylic acids is 2. The molecule has 3 atom stereocenters. The van der Waals surface area contributed by atoms with Crippen LogP contribution in [0.3, 0.4) is 0 Å². The Bertz CT molecular complexity index is 578. The Balaban J connectivity index is 2.83. The number of aromatic amines is 1. The minimum absolute atomic E-state index is 0.0708. The number of nitrogens with zero attached hydrogens (tertiary/aromatic N) is 1. The quantitative estimate of drug-likeness (QED) is 0.300. The van der Waals surface area contributed by atoms with Crippen LogP contribution in [0.5, 0.6) is 0 Å². The number of nitrogens with one attached hydrogen (secondary N) is 3. The molecular weight excluding hydrogens is 346 g/mol. The van der Waals surface area contributed by atoms with Crippen molar-refractivity contribution < 1.29 is 19.5 Å². The number of imidazole rings is 1. The van der Waals surface area contributed by atoms with E-state index in [0.717, 1.165) is 0 Å². The van der Waals surface area contributed by atoms with Crippen LogP contribution < -0.4 is 16.4 Å². The van der Waals surface area contributed by atoms with Gasteiger partial charge in [0.15, 0.2) is 0 Å². The van der Waals surface area contributed by atoms with Gasteiger partial charge in [0.2, 0.25) is 11.8 Å². The van der Waals surface area contributed by atoms with Crippen molar-refractivity contribution in [3.63, 3.8) is 0 Å². The second-order valence-corrected chi connectivity index (χ2v) is 6.53. The summed E-state index contributed by atoms with van der Waals surface area (Å²) < 4.78 is 0. The van der Waals surface area contributed by atoms with E-state index >= 15 is 0 Å². The van der Waals surface area contributed by atoms with Crippen molar-refractivity contribution in [1.29, 1.82) is 0 Å². The summed E-state index contributed by atoms with van der Waals surface area (Å²) in [4.78, 5) is 42.4. The van der Waals surface area contributed by atoms with Gasteiger partial charge in [-0.3, -0.25) is 9.59 Å². The number of nitrogens with two attached hydrogens (primary N) is 1. The van der Waals surface area contributed by atoms with E-state index in [-0.39, 0.29) is 18.1 Å². The fourth-order valence-electron chi connectivity index (χ4n) is 2.18. The topological polar surface area (TPSA) is 150 Å². The van der Waals surface area contributed by atoms with E-state index in [0.29, 0.717) is 12.1 Å². The van der Waals surface area contributed by atoms with Crippen molar-refractivity contribution in [3.8, 4) is 0 Å². The summed E-state index contributed by atoms with van der Waals surface area (Å²) >= 11 is 3.91. The first-order valence-corrected chi connectivity index (χ1v) is 8.55. The number of aliphatic carboxylic acids is 1. The van der Waals surface area contributed by atoms with Gasteiger partial charge >= 0.3 is 5.97 Å². The zero-order valence-corrected chi connectivity index (χ0v) is 15.1. The molecule has 9 nitrogen and oxygen atoms in total. The van der Waals surface area contributed by atoms with Crippen LogP contribution in [0.25, 0.3) is 0 Å². The van der Waals surface area contributed by atoms with Crippen molar-refractivity contribution in [2.24, 2.45) is 11.7 Å². The molecule has 0 saturated heterocycles. The monoisotopic (exact) mass is 371 g/mol. The first-order valence-electron chi connectivity index (χ1n) is 7.91. The average molecular weight is 371 g/mol. The lowest BCUT2D eigenvalue weighted by atomic mass is 10.0. The predicted octanol–water partition coefficient (Wildman–Crippen LogP) is -0.690. The normalized spacial score (nSPS) is 14.6. The van der Waals surface area contributed by atoms with Gasteiger partial charge in [0.1, 0.15) is 12.1 Å². The maximum atomic E-state index is 12.4. The van der Waals surface area contributed by atoms with Crippen LogP contribution in [-0.2, 0) is 20.8 Å². The molecule has 0 aromatic carbocycles. The van der Waals surface area contributed by atoms with E-state index in [1.54, 1.807) is 0 Å². The van der Waals surface area contributed by atoms with Crippen LogP contribution in [0.4, 0.5) is 0 Å². The highest BCUT2D eigenvalue weighted by Gasteiger charge is 2.28. The van der Waals surface area contributed by atoms with Gasteiger partial charge in [-0.05, 0) is 12.3 Å². The molecule has 0 fully saturated rings. The van der Waals surface area contributed by atoms with Crippen molar-refractivity contribution in [1.82, 2.24) is 20.6 Å². The van der Waals surface area contributed by atoms with Gasteiger partial charge in [-0.1, -0.05) is 13.8 Å². The summed E-state index contributed by atoms with van der Waals surface area (Å²) in [6, 6.07) is -2.88. The minimum Gasteiger partial charge on any atom is -0.480 e. The van der Waals surface area contributed by atoms with Crippen LogP contribution in [0.2, 0.25) is 0 Å². The Hall–Kier alpha value is -2.07. The Morgan fingerprint density at radius 2 is 1.92 bits per heavy atom. The molecule has 0 saturated carbocycles. The highest BCUT2D eigenvalue weighted by Crippen LogP contribution is 2.05. The smallest absolute Gasteiger partial charge is 0.327 e. The van der Waals surface area contributed by atoms with Crippen LogP contribution >= 0.6 is 12.6 Å². The highest BCUT2D eigenvalue weighted by atomic mass is 32.1. The molecule has 0 spiro atoms. The lowest BCUT2D eigenvalue weighted by Gasteiger charge is -2.22. The molecule has 1 aromatic heterocycles. The van der Waals surface area contributed by atoms with Crippen LogP contribution in [0.1, 0.15) is 26.0 Å². The van der Waals surface area contributed by atoms with Gasteiger partial charge < -0.3 is 26.5 Å². The van der Waals surface area contributed by atoms with E-state index in [1.165, 1.54) is 12.5 Å².